The number of nitrogens with one attached hydrogen (secondary N) is 2. The molecule has 1 aromatic heterocycles. The number of ketones is 1. The van der Waals surface area contributed by atoms with E-state index in [4.69, 9.17) is 14.5 Å². The van der Waals surface area contributed by atoms with Crippen LogP contribution in [0.4, 0.5) is 5.13 Å². The van der Waals surface area contributed by atoms with Crippen LogP contribution in [0.15, 0.2) is 29.6 Å². The first-order valence-electron chi connectivity index (χ1n) is 15.4. The van der Waals surface area contributed by atoms with Crippen LogP contribution in [0.5, 0.6) is 0 Å². The number of benzene rings is 1. The Morgan fingerprint density at radius 2 is 1.88 bits per heavy atom. The number of anilines is 1. The van der Waals surface area contributed by atoms with E-state index in [1.165, 1.54) is 0 Å². The third-order valence-electron chi connectivity index (χ3n) is 9.45. The number of likely N-dealkylation sites (N-methyl/N-ethyl adjacent to an activating group) is 1. The summed E-state index contributed by atoms with van der Waals surface area (Å²) in [4.78, 5) is 51.3. The van der Waals surface area contributed by atoms with Gasteiger partial charge in [-0.1, -0.05) is 25.0 Å². The molecule has 2 N–H and O–H groups in total. The minimum absolute atomic E-state index is 0.0239. The van der Waals surface area contributed by atoms with Gasteiger partial charge in [-0.25, -0.2) is 4.98 Å². The summed E-state index contributed by atoms with van der Waals surface area (Å²) >= 11 is 1.64. The lowest BCUT2D eigenvalue weighted by Crippen LogP contribution is -2.54. The third kappa shape index (κ3) is 6.34. The predicted molar refractivity (Wildman–Crippen MR) is 164 cm³/mol. The fourth-order valence-electron chi connectivity index (χ4n) is 6.93. The lowest BCUT2D eigenvalue weighted by atomic mass is 9.95. The summed E-state index contributed by atoms with van der Waals surface area (Å²) in [5.74, 6) is -0.483. The van der Waals surface area contributed by atoms with E-state index in [0.29, 0.717) is 12.1 Å². The number of aromatic nitrogens is 1. The predicted octanol–water partition coefficient (Wildman–Crippen LogP) is 1.63. The van der Waals surface area contributed by atoms with Crippen molar-refractivity contribution in [2.75, 3.05) is 71.5 Å². The average molecular weight is 611 g/mol. The first-order valence-corrected chi connectivity index (χ1v) is 16.3. The molecule has 12 heteroatoms. The molecule has 2 amide bonds. The SMILES string of the molecule is CN[C@H]1CN(C(=O)[C@@H](NC(=O)c2ccc(-c3csc(N4CCN(CCOC)CC4)n3)cc2)C2CCCC2)[C@@H]2C(=O)CO[C@@H]12. The molecule has 2 aromatic rings. The van der Waals surface area contributed by atoms with E-state index in [-0.39, 0.29) is 42.3 Å². The van der Waals surface area contributed by atoms with Gasteiger partial charge in [0.1, 0.15) is 24.8 Å². The van der Waals surface area contributed by atoms with Crippen LogP contribution in [0.3, 0.4) is 0 Å². The van der Waals surface area contributed by atoms with Crippen molar-refractivity contribution < 1.29 is 23.9 Å². The molecule has 1 aromatic carbocycles. The minimum Gasteiger partial charge on any atom is -0.383 e. The molecule has 4 fully saturated rings. The van der Waals surface area contributed by atoms with Gasteiger partial charge in [0.2, 0.25) is 5.91 Å². The number of amides is 2. The highest BCUT2D eigenvalue weighted by atomic mass is 32.1. The number of hydrogen-bond donors (Lipinski definition) is 2. The Morgan fingerprint density at radius 1 is 1.14 bits per heavy atom. The molecule has 0 unspecified atom stereocenters. The normalized spacial score (nSPS) is 25.3. The molecule has 3 aliphatic heterocycles. The molecule has 4 heterocycles. The number of carbonyl (C=O) groups is 3. The van der Waals surface area contributed by atoms with Crippen LogP contribution in [0.1, 0.15) is 36.0 Å². The van der Waals surface area contributed by atoms with Crippen LogP contribution in [-0.4, -0.2) is 123 Å². The number of thiazole rings is 1. The summed E-state index contributed by atoms with van der Waals surface area (Å²) in [6.45, 7) is 5.97. The number of rotatable bonds is 10. The molecular weight excluding hydrogens is 568 g/mol. The second-order valence-electron chi connectivity index (χ2n) is 12.0. The van der Waals surface area contributed by atoms with Gasteiger partial charge in [-0.3, -0.25) is 19.3 Å². The molecular formula is C31H42N6O5S. The minimum atomic E-state index is -0.671. The Hall–Kier alpha value is -2.90. The van der Waals surface area contributed by atoms with Gasteiger partial charge in [-0.15, -0.1) is 11.3 Å². The zero-order valence-electron chi connectivity index (χ0n) is 25.0. The topological polar surface area (TPSA) is 116 Å². The fourth-order valence-corrected chi connectivity index (χ4v) is 7.82. The van der Waals surface area contributed by atoms with Crippen LogP contribution in [0.25, 0.3) is 11.3 Å². The summed E-state index contributed by atoms with van der Waals surface area (Å²) in [5.41, 5.74) is 2.33. The summed E-state index contributed by atoms with van der Waals surface area (Å²) < 4.78 is 10.9. The Balaban J connectivity index is 1.11. The van der Waals surface area contributed by atoms with E-state index in [1.807, 2.05) is 19.2 Å². The Bertz CT molecular complexity index is 1290. The monoisotopic (exact) mass is 610 g/mol. The smallest absolute Gasteiger partial charge is 0.251 e. The van der Waals surface area contributed by atoms with Crippen molar-refractivity contribution in [3.63, 3.8) is 0 Å². The van der Waals surface area contributed by atoms with Crippen LogP contribution in [0, 0.1) is 5.92 Å². The van der Waals surface area contributed by atoms with Gasteiger partial charge in [-0.2, -0.15) is 0 Å². The molecule has 1 saturated carbocycles. The summed E-state index contributed by atoms with van der Waals surface area (Å²) in [5, 5.41) is 9.33. The van der Waals surface area contributed by atoms with Crippen molar-refractivity contribution in [2.24, 2.45) is 5.92 Å². The molecule has 4 aliphatic rings. The van der Waals surface area contributed by atoms with Gasteiger partial charge in [0.05, 0.1) is 18.3 Å². The van der Waals surface area contributed by atoms with E-state index in [1.54, 1.807) is 35.5 Å². The Kier molecular flexibility index (Phi) is 9.39. The van der Waals surface area contributed by atoms with E-state index in [2.05, 4.69) is 25.8 Å². The van der Waals surface area contributed by atoms with Crippen LogP contribution in [-0.2, 0) is 19.1 Å². The van der Waals surface area contributed by atoms with Gasteiger partial charge in [0, 0.05) is 62.9 Å². The number of nitrogens with zero attached hydrogens (tertiary/aromatic N) is 4. The van der Waals surface area contributed by atoms with Gasteiger partial charge < -0.3 is 29.9 Å². The number of fused-ring (bicyclic) bond motifs is 1. The van der Waals surface area contributed by atoms with Crippen molar-refractivity contribution in [3.05, 3.63) is 35.2 Å². The van der Waals surface area contributed by atoms with Crippen LogP contribution < -0.4 is 15.5 Å². The molecule has 4 atom stereocenters. The Morgan fingerprint density at radius 3 is 2.58 bits per heavy atom. The van der Waals surface area contributed by atoms with Crippen molar-refractivity contribution in [3.8, 4) is 11.3 Å². The van der Waals surface area contributed by atoms with Gasteiger partial charge in [0.15, 0.2) is 10.9 Å². The molecule has 0 radical (unpaired) electrons. The zero-order valence-corrected chi connectivity index (χ0v) is 25.8. The fraction of sp³-hybridized carbons (Fsp3) is 0.613. The maximum Gasteiger partial charge on any atom is 0.251 e. The highest BCUT2D eigenvalue weighted by Crippen LogP contribution is 2.33. The van der Waals surface area contributed by atoms with Crippen molar-refractivity contribution in [1.29, 1.82) is 0 Å². The molecule has 0 bridgehead atoms. The van der Waals surface area contributed by atoms with Crippen LogP contribution in [0.2, 0.25) is 0 Å². The number of likely N-dealkylation sites (tertiary alicyclic amines) is 1. The highest BCUT2D eigenvalue weighted by Gasteiger charge is 2.53. The maximum absolute atomic E-state index is 13.9. The molecule has 3 saturated heterocycles. The first-order chi connectivity index (χ1) is 21.0. The number of ether oxygens (including phenoxy) is 2. The lowest BCUT2D eigenvalue weighted by molar-refractivity contribution is -0.139. The van der Waals surface area contributed by atoms with Crippen molar-refractivity contribution in [1.82, 2.24) is 25.4 Å². The van der Waals surface area contributed by atoms with Gasteiger partial charge >= 0.3 is 0 Å². The molecule has 0 spiro atoms. The summed E-state index contributed by atoms with van der Waals surface area (Å²) in [7, 11) is 3.55. The average Bonchev–Trinajstić information content (AvgIpc) is 3.85. The quantitative estimate of drug-likeness (QED) is 0.414. The number of carbonyl (C=O) groups excluding carboxylic acids is 3. The molecule has 11 nitrogen and oxygen atoms in total. The number of hydrogen-bond acceptors (Lipinski definition) is 10. The van der Waals surface area contributed by atoms with E-state index in [0.717, 1.165) is 81.4 Å². The Labute approximate surface area is 256 Å². The lowest BCUT2D eigenvalue weighted by Gasteiger charge is -2.34. The third-order valence-corrected chi connectivity index (χ3v) is 10.4. The van der Waals surface area contributed by atoms with E-state index in [9.17, 15) is 14.4 Å². The maximum atomic E-state index is 13.9. The largest absolute Gasteiger partial charge is 0.383 e. The van der Waals surface area contributed by atoms with Gasteiger partial charge in [-0.05, 0) is 37.9 Å². The summed E-state index contributed by atoms with van der Waals surface area (Å²) in [6, 6.07) is 6.06. The molecule has 232 valence electrons. The summed E-state index contributed by atoms with van der Waals surface area (Å²) in [6.07, 6.45) is 3.49. The molecule has 1 aliphatic carbocycles. The molecule has 6 rings (SSSR count). The van der Waals surface area contributed by atoms with Crippen molar-refractivity contribution in [2.45, 2.75) is 49.9 Å². The van der Waals surface area contributed by atoms with E-state index >= 15 is 0 Å². The van der Waals surface area contributed by atoms with Crippen LogP contribution >= 0.6 is 11.3 Å². The van der Waals surface area contributed by atoms with Gasteiger partial charge in [0.25, 0.3) is 5.91 Å². The second-order valence-corrected chi connectivity index (χ2v) is 12.8. The van der Waals surface area contributed by atoms with E-state index < -0.39 is 12.1 Å². The number of Topliss-reactive ketones (excluding diaryl/α,β-unsaturated/α-hetero) is 1. The molecule has 43 heavy (non-hydrogen) atoms. The standard InChI is InChI=1S/C31H42N6O5S/c1-32-23-17-37(27-25(38)18-42-28(23)27)30(40)26(21-5-3-4-6-21)34-29(39)22-9-7-20(8-10-22)24-19-43-31(33-24)36-13-11-35(12-14-36)15-16-41-2/h7-10,19,21,23,26-28,32H,3-6,11-18H2,1-2H3,(H,34,39)/t23-,26-,27+,28-/m0/s1. The number of piperazine rings is 1. The van der Waals surface area contributed by atoms with Crippen molar-refractivity contribution >= 4 is 34.1 Å². The highest BCUT2D eigenvalue weighted by molar-refractivity contribution is 7.14. The zero-order chi connectivity index (χ0) is 29.9. The second kappa shape index (κ2) is 13.4. The first kappa shape index (κ1) is 30.1. The number of methoxy groups -OCH3 is 1.